The summed E-state index contributed by atoms with van der Waals surface area (Å²) in [4.78, 5) is 0. The Morgan fingerprint density at radius 2 is 1.94 bits per heavy atom. The van der Waals surface area contributed by atoms with Gasteiger partial charge in [0.25, 0.3) is 0 Å². The number of nitrogens with two attached hydrogens (primary N) is 1. The summed E-state index contributed by atoms with van der Waals surface area (Å²) >= 11 is 0. The molecule has 100 valence electrons. The first-order chi connectivity index (χ1) is 8.02. The Kier molecular flexibility index (Phi) is 5.96. The molecule has 1 fully saturated rings. The van der Waals surface area contributed by atoms with Gasteiger partial charge in [0.05, 0.1) is 5.84 Å². The molecule has 17 heavy (non-hydrogen) atoms. The third-order valence-electron chi connectivity index (χ3n) is 3.90. The first-order valence-electron chi connectivity index (χ1n) is 6.94. The average molecular weight is 240 g/mol. The third-order valence-corrected chi connectivity index (χ3v) is 3.90. The van der Waals surface area contributed by atoms with Crippen LogP contribution in [0.4, 0.5) is 0 Å². The molecule has 0 aromatic rings. The highest BCUT2D eigenvalue weighted by Gasteiger charge is 2.20. The van der Waals surface area contributed by atoms with Crippen LogP contribution in [0.25, 0.3) is 0 Å². The molecule has 1 aliphatic rings. The van der Waals surface area contributed by atoms with Crippen molar-refractivity contribution in [2.45, 2.75) is 58.8 Å². The van der Waals surface area contributed by atoms with E-state index in [4.69, 9.17) is 15.9 Å². The lowest BCUT2D eigenvalue weighted by molar-refractivity contribution is 0.0798. The molecular formula is C14H28N2O. The average Bonchev–Trinajstić information content (AvgIpc) is 2.29. The highest BCUT2D eigenvalue weighted by molar-refractivity contribution is 5.82. The maximum absolute atomic E-state index is 7.47. The topological polar surface area (TPSA) is 59.1 Å². The van der Waals surface area contributed by atoms with Gasteiger partial charge in [-0.3, -0.25) is 5.41 Å². The first-order valence-corrected chi connectivity index (χ1v) is 6.94. The minimum atomic E-state index is -0.172. The molecule has 1 aliphatic carbocycles. The SMILES string of the molecule is CC(C)(CCCOCC1CCCCC1)C(=N)N. The smallest absolute Gasteiger partial charge is 0.0963 e. The van der Waals surface area contributed by atoms with Crippen LogP contribution in [-0.2, 0) is 4.74 Å². The molecule has 3 nitrogen and oxygen atoms in total. The number of nitrogens with one attached hydrogen (secondary N) is 1. The Morgan fingerprint density at radius 1 is 1.29 bits per heavy atom. The predicted molar refractivity (Wildman–Crippen MR) is 72.3 cm³/mol. The van der Waals surface area contributed by atoms with E-state index in [9.17, 15) is 0 Å². The molecule has 0 unspecified atom stereocenters. The predicted octanol–water partition coefficient (Wildman–Crippen LogP) is 3.33. The number of rotatable bonds is 7. The molecule has 0 saturated heterocycles. The zero-order valence-electron chi connectivity index (χ0n) is 11.4. The van der Waals surface area contributed by atoms with Gasteiger partial charge >= 0.3 is 0 Å². The molecule has 0 radical (unpaired) electrons. The minimum absolute atomic E-state index is 0.172. The summed E-state index contributed by atoms with van der Waals surface area (Å²) in [6.45, 7) is 5.79. The van der Waals surface area contributed by atoms with Crippen molar-refractivity contribution in [2.24, 2.45) is 17.1 Å². The van der Waals surface area contributed by atoms with E-state index >= 15 is 0 Å². The molecule has 0 heterocycles. The van der Waals surface area contributed by atoms with Crippen LogP contribution < -0.4 is 5.73 Å². The Hall–Kier alpha value is -0.570. The van der Waals surface area contributed by atoms with Crippen molar-refractivity contribution in [1.82, 2.24) is 0 Å². The minimum Gasteiger partial charge on any atom is -0.387 e. The fourth-order valence-electron chi connectivity index (χ4n) is 2.35. The summed E-state index contributed by atoms with van der Waals surface area (Å²) in [5.41, 5.74) is 5.37. The molecule has 1 rings (SSSR count). The Balaban J connectivity index is 2.02. The van der Waals surface area contributed by atoms with Crippen molar-refractivity contribution >= 4 is 5.84 Å². The van der Waals surface area contributed by atoms with Crippen molar-refractivity contribution in [1.29, 1.82) is 5.41 Å². The second-order valence-corrected chi connectivity index (χ2v) is 5.98. The van der Waals surface area contributed by atoms with E-state index in [2.05, 4.69) is 0 Å². The van der Waals surface area contributed by atoms with E-state index in [1.165, 1.54) is 32.1 Å². The summed E-state index contributed by atoms with van der Waals surface area (Å²) in [5.74, 6) is 1.08. The number of hydrogen-bond acceptors (Lipinski definition) is 2. The molecule has 0 aliphatic heterocycles. The Morgan fingerprint density at radius 3 is 2.53 bits per heavy atom. The molecule has 0 aromatic carbocycles. The van der Waals surface area contributed by atoms with Gasteiger partial charge in [-0.25, -0.2) is 0 Å². The highest BCUT2D eigenvalue weighted by Crippen LogP contribution is 2.24. The lowest BCUT2D eigenvalue weighted by atomic mass is 9.87. The van der Waals surface area contributed by atoms with Gasteiger partial charge in [-0.05, 0) is 31.6 Å². The zero-order chi connectivity index (χ0) is 12.7. The normalized spacial score (nSPS) is 18.2. The maximum atomic E-state index is 7.47. The van der Waals surface area contributed by atoms with Crippen molar-refractivity contribution in [3.63, 3.8) is 0 Å². The van der Waals surface area contributed by atoms with Crippen molar-refractivity contribution in [3.05, 3.63) is 0 Å². The van der Waals surface area contributed by atoms with Crippen LogP contribution in [0, 0.1) is 16.7 Å². The van der Waals surface area contributed by atoms with Crippen LogP contribution in [0.15, 0.2) is 0 Å². The van der Waals surface area contributed by atoms with Crippen LogP contribution >= 0.6 is 0 Å². The lowest BCUT2D eigenvalue weighted by Gasteiger charge is -2.24. The second kappa shape index (κ2) is 7.00. The van der Waals surface area contributed by atoms with Gasteiger partial charge in [0.2, 0.25) is 0 Å². The van der Waals surface area contributed by atoms with Crippen molar-refractivity contribution in [2.75, 3.05) is 13.2 Å². The van der Waals surface area contributed by atoms with E-state index < -0.39 is 0 Å². The van der Waals surface area contributed by atoms with Crippen LogP contribution in [0.1, 0.15) is 58.8 Å². The van der Waals surface area contributed by atoms with E-state index in [1.54, 1.807) is 0 Å². The van der Waals surface area contributed by atoms with E-state index in [0.29, 0.717) is 0 Å². The largest absolute Gasteiger partial charge is 0.387 e. The highest BCUT2D eigenvalue weighted by atomic mass is 16.5. The van der Waals surface area contributed by atoms with Gasteiger partial charge in [-0.2, -0.15) is 0 Å². The molecular weight excluding hydrogens is 212 g/mol. The van der Waals surface area contributed by atoms with Gasteiger partial charge in [-0.15, -0.1) is 0 Å². The van der Waals surface area contributed by atoms with Gasteiger partial charge in [0.1, 0.15) is 0 Å². The fourth-order valence-corrected chi connectivity index (χ4v) is 2.35. The summed E-state index contributed by atoms with van der Waals surface area (Å²) in [7, 11) is 0. The van der Waals surface area contributed by atoms with Gasteiger partial charge in [0.15, 0.2) is 0 Å². The molecule has 0 spiro atoms. The quantitative estimate of drug-likeness (QED) is 0.407. The monoisotopic (exact) mass is 240 g/mol. The van der Waals surface area contributed by atoms with E-state index in [1.807, 2.05) is 13.8 Å². The maximum Gasteiger partial charge on any atom is 0.0963 e. The van der Waals surface area contributed by atoms with Crippen LogP contribution in [-0.4, -0.2) is 19.0 Å². The van der Waals surface area contributed by atoms with Gasteiger partial charge < -0.3 is 10.5 Å². The van der Waals surface area contributed by atoms with Crippen molar-refractivity contribution in [3.8, 4) is 0 Å². The van der Waals surface area contributed by atoms with E-state index in [-0.39, 0.29) is 11.3 Å². The summed E-state index contributed by atoms with van der Waals surface area (Å²) in [6, 6.07) is 0. The number of amidine groups is 1. The molecule has 3 N–H and O–H groups in total. The lowest BCUT2D eigenvalue weighted by Crippen LogP contribution is -2.31. The Bertz CT molecular complexity index is 232. The summed E-state index contributed by atoms with van der Waals surface area (Å²) in [6.07, 6.45) is 8.80. The number of hydrogen-bond donors (Lipinski definition) is 2. The van der Waals surface area contributed by atoms with Crippen LogP contribution in [0.2, 0.25) is 0 Å². The molecule has 1 saturated carbocycles. The zero-order valence-corrected chi connectivity index (χ0v) is 11.4. The molecule has 0 amide bonds. The van der Waals surface area contributed by atoms with E-state index in [0.717, 1.165) is 32.0 Å². The summed E-state index contributed by atoms with van der Waals surface area (Å²) < 4.78 is 5.74. The van der Waals surface area contributed by atoms with Gasteiger partial charge in [0, 0.05) is 18.6 Å². The molecule has 3 heteroatoms. The standard InChI is InChI=1S/C14H28N2O/c1-14(2,13(15)16)9-6-10-17-11-12-7-4-3-5-8-12/h12H,3-11H2,1-2H3,(H3,15,16). The first kappa shape index (κ1) is 14.5. The Labute approximate surface area is 106 Å². The third kappa shape index (κ3) is 5.53. The van der Waals surface area contributed by atoms with Gasteiger partial charge in [-0.1, -0.05) is 33.1 Å². The molecule has 0 atom stereocenters. The van der Waals surface area contributed by atoms with Crippen molar-refractivity contribution < 1.29 is 4.74 Å². The molecule has 0 bridgehead atoms. The second-order valence-electron chi connectivity index (χ2n) is 5.98. The molecule has 0 aromatic heterocycles. The van der Waals surface area contributed by atoms with Crippen LogP contribution in [0.3, 0.4) is 0 Å². The van der Waals surface area contributed by atoms with Crippen LogP contribution in [0.5, 0.6) is 0 Å². The summed E-state index contributed by atoms with van der Waals surface area (Å²) in [5, 5.41) is 7.47. The fraction of sp³-hybridized carbons (Fsp3) is 0.929. The number of ether oxygens (including phenoxy) is 1.